The highest BCUT2D eigenvalue weighted by Gasteiger charge is 2.26. The third kappa shape index (κ3) is 8.14. The number of nitrogens with one attached hydrogen (secondary N) is 3. The molecule has 0 aliphatic carbocycles. The molecule has 0 spiro atoms. The van der Waals surface area contributed by atoms with Gasteiger partial charge in [0.25, 0.3) is 11.8 Å². The number of carbonyl (C=O) groups excluding carboxylic acids is 3. The molecule has 10 nitrogen and oxygen atoms in total. The lowest BCUT2D eigenvalue weighted by Crippen LogP contribution is -2.51. The highest BCUT2D eigenvalue weighted by atomic mass is 19.1. The van der Waals surface area contributed by atoms with Gasteiger partial charge in [0, 0.05) is 48.6 Å². The quantitative estimate of drug-likeness (QED) is 0.158. The molecule has 0 saturated carbocycles. The molecule has 1 aliphatic rings. The van der Waals surface area contributed by atoms with E-state index >= 15 is 0 Å². The van der Waals surface area contributed by atoms with Crippen molar-refractivity contribution in [2.45, 2.75) is 19.1 Å². The Hall–Kier alpha value is -4.76. The first-order chi connectivity index (χ1) is 20.2. The molecule has 5 N–H and O–H groups in total. The van der Waals surface area contributed by atoms with Gasteiger partial charge in [0.15, 0.2) is 0 Å². The van der Waals surface area contributed by atoms with Crippen molar-refractivity contribution in [3.05, 3.63) is 95.3 Å². The zero-order valence-electron chi connectivity index (χ0n) is 23.0. The molecular weight excluding hydrogens is 541 g/mol. The van der Waals surface area contributed by atoms with E-state index in [4.69, 9.17) is 5.21 Å². The van der Waals surface area contributed by atoms with Gasteiger partial charge in [-0.15, -0.1) is 0 Å². The van der Waals surface area contributed by atoms with E-state index in [9.17, 15) is 23.9 Å². The largest absolute Gasteiger partial charge is 0.391 e. The second kappa shape index (κ2) is 14.2. The van der Waals surface area contributed by atoms with Gasteiger partial charge in [-0.2, -0.15) is 0 Å². The number of para-hydroxylation sites is 1. The minimum absolute atomic E-state index is 0.131. The van der Waals surface area contributed by atoms with Crippen molar-refractivity contribution in [1.29, 1.82) is 0 Å². The van der Waals surface area contributed by atoms with E-state index in [0.717, 1.165) is 5.56 Å². The van der Waals surface area contributed by atoms with Crippen LogP contribution in [0.5, 0.6) is 0 Å². The number of nitrogens with zero attached hydrogens (tertiary/aromatic N) is 2. The molecule has 11 heteroatoms. The topological polar surface area (TPSA) is 134 Å². The Kier molecular flexibility index (Phi) is 10.2. The molecule has 1 heterocycles. The molecule has 3 aromatic carbocycles. The van der Waals surface area contributed by atoms with E-state index in [1.165, 1.54) is 30.6 Å². The fraction of sp³-hybridized carbons (Fsp3) is 0.258. The average molecular weight is 574 g/mol. The highest BCUT2D eigenvalue weighted by Crippen LogP contribution is 2.20. The van der Waals surface area contributed by atoms with Crippen LogP contribution in [0.2, 0.25) is 0 Å². The molecule has 3 aromatic rings. The van der Waals surface area contributed by atoms with Crippen LogP contribution in [-0.2, 0) is 9.59 Å². The monoisotopic (exact) mass is 573 g/mol. The molecule has 0 radical (unpaired) electrons. The fourth-order valence-corrected chi connectivity index (χ4v) is 4.44. The molecule has 42 heavy (non-hydrogen) atoms. The summed E-state index contributed by atoms with van der Waals surface area (Å²) < 4.78 is 14.0. The Bertz CT molecular complexity index is 1460. The van der Waals surface area contributed by atoms with Crippen molar-refractivity contribution in [2.24, 2.45) is 0 Å². The Morgan fingerprint density at radius 3 is 2.07 bits per heavy atom. The number of anilines is 2. The van der Waals surface area contributed by atoms with E-state index in [1.807, 2.05) is 15.9 Å². The van der Waals surface area contributed by atoms with Gasteiger partial charge in [0.05, 0.1) is 18.3 Å². The molecule has 3 amide bonds. The molecular formula is C31H32FN5O5. The lowest BCUT2D eigenvalue weighted by atomic mass is 10.1. The zero-order valence-corrected chi connectivity index (χ0v) is 23.0. The summed E-state index contributed by atoms with van der Waals surface area (Å²) in [6, 6.07) is 18.9. The molecule has 218 valence electrons. The minimum Gasteiger partial charge on any atom is -0.391 e. The smallest absolute Gasteiger partial charge is 0.268 e. The second-order valence-electron chi connectivity index (χ2n) is 9.84. The summed E-state index contributed by atoms with van der Waals surface area (Å²) in [5.41, 5.74) is 4.29. The van der Waals surface area contributed by atoms with Gasteiger partial charge in [0.1, 0.15) is 11.9 Å². The molecule has 1 aliphatic heterocycles. The first-order valence-electron chi connectivity index (χ1n) is 13.4. The fourth-order valence-electron chi connectivity index (χ4n) is 4.44. The summed E-state index contributed by atoms with van der Waals surface area (Å²) in [5.74, 6) is 4.15. The van der Waals surface area contributed by atoms with Crippen molar-refractivity contribution in [3.8, 4) is 11.8 Å². The van der Waals surface area contributed by atoms with Crippen LogP contribution >= 0.6 is 0 Å². The highest BCUT2D eigenvalue weighted by molar-refractivity contribution is 5.97. The molecule has 0 bridgehead atoms. The number of hydrogen-bond acceptors (Lipinski definition) is 7. The maximum absolute atomic E-state index is 14.0. The van der Waals surface area contributed by atoms with E-state index in [2.05, 4.69) is 22.5 Å². The standard InChI is InChI=1S/C31H32FN5O5/c1-21(38)29(31(41)35-42)34-30(40)24-12-8-22(9-13-24)6-7-23-10-14-25(15-11-23)33-28(39)20-36-16-18-37(19-17-36)27-5-3-2-4-26(27)32/h2-5,8-15,21,29,38,42H,16-20H2,1H3,(H,33,39)(H,34,40)(H,35,41)/t21-,29+/m1/s1. The molecule has 4 rings (SSSR count). The first-order valence-corrected chi connectivity index (χ1v) is 13.4. The van der Waals surface area contributed by atoms with Crippen LogP contribution in [0, 0.1) is 17.7 Å². The third-order valence-corrected chi connectivity index (χ3v) is 6.76. The van der Waals surface area contributed by atoms with Crippen LogP contribution in [-0.4, -0.2) is 77.8 Å². The van der Waals surface area contributed by atoms with Crippen LogP contribution in [0.3, 0.4) is 0 Å². The van der Waals surface area contributed by atoms with Crippen LogP contribution < -0.4 is 21.0 Å². The molecule has 0 aromatic heterocycles. The van der Waals surface area contributed by atoms with Crippen LogP contribution in [0.15, 0.2) is 72.8 Å². The number of rotatable bonds is 8. The van der Waals surface area contributed by atoms with Gasteiger partial charge < -0.3 is 20.6 Å². The predicted octanol–water partition coefficient (Wildman–Crippen LogP) is 1.97. The van der Waals surface area contributed by atoms with Crippen LogP contribution in [0.25, 0.3) is 0 Å². The summed E-state index contributed by atoms with van der Waals surface area (Å²) in [7, 11) is 0. The van der Waals surface area contributed by atoms with Crippen molar-refractivity contribution in [3.63, 3.8) is 0 Å². The van der Waals surface area contributed by atoms with E-state index < -0.39 is 24.0 Å². The number of aliphatic hydroxyl groups is 1. The SMILES string of the molecule is C[C@@H](O)[C@H](NC(=O)c1ccc(C#Cc2ccc(NC(=O)CN3CCN(c4ccccc4F)CC3)cc2)cc1)C(=O)NO. The Labute approximate surface area is 243 Å². The Morgan fingerprint density at radius 2 is 1.50 bits per heavy atom. The summed E-state index contributed by atoms with van der Waals surface area (Å²) >= 11 is 0. The normalized spacial score (nSPS) is 14.6. The van der Waals surface area contributed by atoms with Gasteiger partial charge in [-0.3, -0.25) is 24.5 Å². The number of halogens is 1. The first kappa shape index (κ1) is 30.2. The van der Waals surface area contributed by atoms with Crippen molar-refractivity contribution in [2.75, 3.05) is 42.9 Å². The molecule has 1 fully saturated rings. The van der Waals surface area contributed by atoms with Crippen molar-refractivity contribution in [1.82, 2.24) is 15.7 Å². The molecule has 1 saturated heterocycles. The van der Waals surface area contributed by atoms with Crippen LogP contribution in [0.1, 0.15) is 28.4 Å². The van der Waals surface area contributed by atoms with Gasteiger partial charge in [-0.05, 0) is 67.6 Å². The third-order valence-electron chi connectivity index (χ3n) is 6.76. The minimum atomic E-state index is -1.31. The second-order valence-corrected chi connectivity index (χ2v) is 9.84. The average Bonchev–Trinajstić information content (AvgIpc) is 3.00. The van der Waals surface area contributed by atoms with Gasteiger partial charge in [-0.1, -0.05) is 24.0 Å². The number of aliphatic hydroxyl groups excluding tert-OH is 1. The van der Waals surface area contributed by atoms with Crippen LogP contribution in [0.4, 0.5) is 15.8 Å². The summed E-state index contributed by atoms with van der Waals surface area (Å²) in [5, 5.41) is 23.7. The zero-order chi connectivity index (χ0) is 30.1. The van der Waals surface area contributed by atoms with Gasteiger partial charge >= 0.3 is 0 Å². The number of benzene rings is 3. The van der Waals surface area contributed by atoms with E-state index in [-0.39, 0.29) is 23.8 Å². The molecule has 0 unspecified atom stereocenters. The number of carbonyl (C=O) groups is 3. The number of amides is 3. The molecule has 2 atom stereocenters. The van der Waals surface area contributed by atoms with Gasteiger partial charge in [0.2, 0.25) is 5.91 Å². The number of hydrogen-bond donors (Lipinski definition) is 5. The maximum Gasteiger partial charge on any atom is 0.268 e. The number of hydroxylamine groups is 1. The van der Waals surface area contributed by atoms with E-state index in [0.29, 0.717) is 43.1 Å². The summed E-state index contributed by atoms with van der Waals surface area (Å²) in [6.07, 6.45) is -1.21. The number of piperazine rings is 1. The van der Waals surface area contributed by atoms with Gasteiger partial charge in [-0.25, -0.2) is 9.87 Å². The lowest BCUT2D eigenvalue weighted by molar-refractivity contribution is -0.133. The summed E-state index contributed by atoms with van der Waals surface area (Å²) in [4.78, 5) is 40.6. The maximum atomic E-state index is 14.0. The lowest BCUT2D eigenvalue weighted by Gasteiger charge is -2.35. The Balaban J connectivity index is 1.25. The Morgan fingerprint density at radius 1 is 0.905 bits per heavy atom. The summed E-state index contributed by atoms with van der Waals surface area (Å²) in [6.45, 7) is 4.17. The van der Waals surface area contributed by atoms with E-state index in [1.54, 1.807) is 48.5 Å². The van der Waals surface area contributed by atoms with Crippen molar-refractivity contribution < 1.29 is 29.1 Å². The van der Waals surface area contributed by atoms with Crippen molar-refractivity contribution >= 4 is 29.1 Å². The predicted molar refractivity (Wildman–Crippen MR) is 155 cm³/mol.